The van der Waals surface area contributed by atoms with E-state index in [9.17, 15) is 8.78 Å². The van der Waals surface area contributed by atoms with Gasteiger partial charge in [0.05, 0.1) is 34.7 Å². The van der Waals surface area contributed by atoms with Crippen molar-refractivity contribution in [1.82, 2.24) is 25.0 Å². The molecular weight excluding hydrogens is 402 g/mol. The summed E-state index contributed by atoms with van der Waals surface area (Å²) < 4.78 is 27.7. The Morgan fingerprint density at radius 1 is 1.23 bits per heavy atom. The molecule has 1 saturated carbocycles. The van der Waals surface area contributed by atoms with E-state index in [0.29, 0.717) is 17.3 Å². The molecule has 0 atom stereocenters. The van der Waals surface area contributed by atoms with Crippen LogP contribution in [0.25, 0.3) is 5.70 Å². The molecule has 2 aliphatic rings. The summed E-state index contributed by atoms with van der Waals surface area (Å²) in [5.74, 6) is 6.71. The number of alkyl halides is 2. The Hall–Kier alpha value is -2.75. The Morgan fingerprint density at radius 2 is 1.97 bits per heavy atom. The normalized spacial score (nSPS) is 17.8. The third-order valence-corrected chi connectivity index (χ3v) is 5.89. The zero-order valence-electron chi connectivity index (χ0n) is 17.8. The first-order valence-corrected chi connectivity index (χ1v) is 10.8. The number of piperidine rings is 1. The van der Waals surface area contributed by atoms with Crippen LogP contribution in [-0.2, 0) is 13.0 Å². The average Bonchev–Trinajstić information content (AvgIpc) is 3.47. The van der Waals surface area contributed by atoms with Crippen LogP contribution in [0.5, 0.6) is 0 Å². The number of anilines is 1. The zero-order valence-corrected chi connectivity index (χ0v) is 17.8. The Morgan fingerprint density at radius 3 is 2.61 bits per heavy atom. The van der Waals surface area contributed by atoms with Crippen LogP contribution in [0.1, 0.15) is 55.6 Å². The number of halogens is 2. The highest BCUT2D eigenvalue weighted by atomic mass is 19.3. The number of allylic oxidation sites excluding steroid dienone is 1. The highest BCUT2D eigenvalue weighted by Gasteiger charge is 2.24. The maximum atomic E-state index is 13.8. The minimum atomic E-state index is -2.69. The standard InChI is InChI=1S/C21H30F2N8/c1-29(25)18(13-31-26-12-15(28-31)11-14-5-6-14)19(24)16-7-8-17(20(27-16)21(22)23)30-9-3-2-4-10-30/h7-8,12,14,21H,2-6,9-11,13,24-25H2,1H3/b19-18-. The summed E-state index contributed by atoms with van der Waals surface area (Å²) >= 11 is 0. The van der Waals surface area contributed by atoms with Crippen molar-refractivity contribution in [3.63, 3.8) is 0 Å². The second-order valence-electron chi connectivity index (χ2n) is 8.43. The van der Waals surface area contributed by atoms with Crippen LogP contribution < -0.4 is 16.5 Å². The second kappa shape index (κ2) is 9.17. The summed E-state index contributed by atoms with van der Waals surface area (Å²) in [6.07, 6.45) is 5.57. The molecule has 0 aromatic carbocycles. The van der Waals surface area contributed by atoms with Crippen LogP contribution >= 0.6 is 0 Å². The molecule has 1 aliphatic carbocycles. The van der Waals surface area contributed by atoms with Gasteiger partial charge in [0.2, 0.25) is 0 Å². The van der Waals surface area contributed by atoms with Crippen molar-refractivity contribution in [3.05, 3.63) is 41.1 Å². The minimum Gasteiger partial charge on any atom is -0.395 e. The summed E-state index contributed by atoms with van der Waals surface area (Å²) in [6.45, 7) is 1.75. The molecule has 0 radical (unpaired) electrons. The largest absolute Gasteiger partial charge is 0.395 e. The van der Waals surface area contributed by atoms with E-state index >= 15 is 0 Å². The van der Waals surface area contributed by atoms with Gasteiger partial charge in [0, 0.05) is 20.1 Å². The van der Waals surface area contributed by atoms with Gasteiger partial charge in [0.15, 0.2) is 0 Å². The van der Waals surface area contributed by atoms with Crippen molar-refractivity contribution >= 4 is 11.4 Å². The van der Waals surface area contributed by atoms with Crippen molar-refractivity contribution in [3.8, 4) is 0 Å². The molecule has 4 N–H and O–H groups in total. The summed E-state index contributed by atoms with van der Waals surface area (Å²) in [5.41, 5.74) is 8.53. The molecule has 2 aromatic heterocycles. The lowest BCUT2D eigenvalue weighted by atomic mass is 10.1. The SMILES string of the molecule is CN(N)/C(Cn1ncc(CC2CC2)n1)=C(\N)c1ccc(N2CCCCC2)c(C(F)F)n1. The van der Waals surface area contributed by atoms with Crippen LogP contribution in [0.3, 0.4) is 0 Å². The number of nitrogens with zero attached hydrogens (tertiary/aromatic N) is 6. The van der Waals surface area contributed by atoms with E-state index in [1.807, 2.05) is 4.90 Å². The first-order valence-electron chi connectivity index (χ1n) is 10.8. The van der Waals surface area contributed by atoms with E-state index in [1.165, 1.54) is 22.6 Å². The van der Waals surface area contributed by atoms with Crippen LogP contribution in [0.15, 0.2) is 24.0 Å². The number of hydrazine groups is 1. The molecule has 31 heavy (non-hydrogen) atoms. The van der Waals surface area contributed by atoms with Crippen molar-refractivity contribution in [1.29, 1.82) is 0 Å². The fourth-order valence-corrected chi connectivity index (χ4v) is 3.97. The van der Waals surface area contributed by atoms with Crippen molar-refractivity contribution in [2.45, 2.75) is 51.5 Å². The maximum Gasteiger partial charge on any atom is 0.282 e. The van der Waals surface area contributed by atoms with Gasteiger partial charge in [-0.25, -0.2) is 19.6 Å². The monoisotopic (exact) mass is 432 g/mol. The number of aromatic nitrogens is 4. The molecule has 1 saturated heterocycles. The van der Waals surface area contributed by atoms with E-state index < -0.39 is 6.43 Å². The first kappa shape index (κ1) is 21.5. The molecular formula is C21H30F2N8. The van der Waals surface area contributed by atoms with Crippen molar-refractivity contribution < 1.29 is 8.78 Å². The topological polar surface area (TPSA) is 102 Å². The number of hydrogen-bond acceptors (Lipinski definition) is 7. The van der Waals surface area contributed by atoms with E-state index in [2.05, 4.69) is 15.2 Å². The van der Waals surface area contributed by atoms with Gasteiger partial charge in [-0.1, -0.05) is 0 Å². The van der Waals surface area contributed by atoms with E-state index in [0.717, 1.165) is 44.5 Å². The highest BCUT2D eigenvalue weighted by Crippen LogP contribution is 2.32. The molecule has 2 fully saturated rings. The minimum absolute atomic E-state index is 0.225. The van der Waals surface area contributed by atoms with Gasteiger partial charge < -0.3 is 15.6 Å². The Labute approximate surface area is 180 Å². The van der Waals surface area contributed by atoms with E-state index in [1.54, 1.807) is 25.4 Å². The van der Waals surface area contributed by atoms with Crippen molar-refractivity contribution in [2.75, 3.05) is 25.0 Å². The Balaban J connectivity index is 1.61. The lowest BCUT2D eigenvalue weighted by molar-refractivity contribution is 0.146. The molecule has 2 aromatic rings. The van der Waals surface area contributed by atoms with Crippen LogP contribution in [0, 0.1) is 5.92 Å². The van der Waals surface area contributed by atoms with Gasteiger partial charge in [-0.2, -0.15) is 15.0 Å². The quantitative estimate of drug-likeness (QED) is 0.488. The maximum absolute atomic E-state index is 13.8. The number of rotatable bonds is 8. The second-order valence-corrected chi connectivity index (χ2v) is 8.43. The van der Waals surface area contributed by atoms with Gasteiger partial charge in [0.25, 0.3) is 6.43 Å². The first-order chi connectivity index (χ1) is 14.9. The predicted molar refractivity (Wildman–Crippen MR) is 115 cm³/mol. The molecule has 168 valence electrons. The number of hydrogen-bond donors (Lipinski definition) is 2. The van der Waals surface area contributed by atoms with Gasteiger partial charge in [-0.3, -0.25) is 0 Å². The fraction of sp³-hybridized carbons (Fsp3) is 0.571. The predicted octanol–water partition coefficient (Wildman–Crippen LogP) is 2.69. The number of likely N-dealkylation sites (N-methyl/N-ethyl adjacent to an activating group) is 1. The summed E-state index contributed by atoms with van der Waals surface area (Å²) in [5, 5.41) is 10.2. The van der Waals surface area contributed by atoms with Gasteiger partial charge in [-0.15, -0.1) is 0 Å². The van der Waals surface area contributed by atoms with E-state index in [-0.39, 0.29) is 23.6 Å². The van der Waals surface area contributed by atoms with E-state index in [4.69, 9.17) is 11.6 Å². The smallest absolute Gasteiger partial charge is 0.282 e. The number of nitrogens with two attached hydrogens (primary N) is 2. The Kier molecular flexibility index (Phi) is 6.35. The van der Waals surface area contributed by atoms with Gasteiger partial charge >= 0.3 is 0 Å². The highest BCUT2D eigenvalue weighted by molar-refractivity contribution is 5.65. The summed E-state index contributed by atoms with van der Waals surface area (Å²) in [7, 11) is 1.65. The van der Waals surface area contributed by atoms with Crippen LogP contribution in [0.2, 0.25) is 0 Å². The molecule has 10 heteroatoms. The molecule has 0 bridgehead atoms. The fourth-order valence-electron chi connectivity index (χ4n) is 3.97. The summed E-state index contributed by atoms with van der Waals surface area (Å²) in [6, 6.07) is 3.37. The molecule has 3 heterocycles. The molecule has 0 unspecified atom stereocenters. The lowest BCUT2D eigenvalue weighted by Gasteiger charge is -2.30. The average molecular weight is 433 g/mol. The van der Waals surface area contributed by atoms with Gasteiger partial charge in [-0.05, 0) is 56.6 Å². The molecule has 0 spiro atoms. The molecule has 8 nitrogen and oxygen atoms in total. The lowest BCUT2D eigenvalue weighted by Crippen LogP contribution is -2.32. The summed E-state index contributed by atoms with van der Waals surface area (Å²) in [4.78, 5) is 7.74. The zero-order chi connectivity index (χ0) is 22.0. The Bertz CT molecular complexity index is 929. The molecule has 1 aliphatic heterocycles. The number of pyridine rings is 1. The third kappa shape index (κ3) is 5.12. The molecule has 0 amide bonds. The third-order valence-electron chi connectivity index (χ3n) is 5.89. The van der Waals surface area contributed by atoms with Crippen molar-refractivity contribution in [2.24, 2.45) is 17.5 Å². The van der Waals surface area contributed by atoms with Crippen LogP contribution in [0.4, 0.5) is 14.5 Å². The van der Waals surface area contributed by atoms with Crippen LogP contribution in [-0.4, -0.2) is 45.1 Å². The van der Waals surface area contributed by atoms with Gasteiger partial charge in [0.1, 0.15) is 12.2 Å². The molecule has 4 rings (SSSR count).